The van der Waals surface area contributed by atoms with Crippen molar-refractivity contribution in [2.45, 2.75) is 47.6 Å². The van der Waals surface area contributed by atoms with E-state index < -0.39 is 10.0 Å². The van der Waals surface area contributed by atoms with E-state index in [9.17, 15) is 13.2 Å². The van der Waals surface area contributed by atoms with Crippen molar-refractivity contribution in [1.29, 1.82) is 0 Å². The van der Waals surface area contributed by atoms with Gasteiger partial charge in [0.15, 0.2) is 0 Å². The summed E-state index contributed by atoms with van der Waals surface area (Å²) < 4.78 is 33.6. The summed E-state index contributed by atoms with van der Waals surface area (Å²) in [6.07, 6.45) is 7.01. The van der Waals surface area contributed by atoms with Gasteiger partial charge in [0.25, 0.3) is 10.0 Å². The highest BCUT2D eigenvalue weighted by atomic mass is 32.2. The van der Waals surface area contributed by atoms with Gasteiger partial charge in [-0.1, -0.05) is 12.8 Å². The number of anilines is 1. The third-order valence-corrected chi connectivity index (χ3v) is 9.36. The summed E-state index contributed by atoms with van der Waals surface area (Å²) in [5.41, 5.74) is 0.419. The molecule has 180 valence electrons. The second-order valence-electron chi connectivity index (χ2n) is 7.74. The summed E-state index contributed by atoms with van der Waals surface area (Å²) in [7, 11) is -3.93. The quantitative estimate of drug-likeness (QED) is 0.328. The van der Waals surface area contributed by atoms with Gasteiger partial charge in [-0.3, -0.25) is 9.10 Å². The predicted molar refractivity (Wildman–Crippen MR) is 138 cm³/mol. The number of sulfonamides is 1. The Morgan fingerprint density at radius 3 is 2.36 bits per heavy atom. The number of amides is 1. The van der Waals surface area contributed by atoms with Gasteiger partial charge < -0.3 is 10.1 Å². The first-order valence-electron chi connectivity index (χ1n) is 11.2. The van der Waals surface area contributed by atoms with Gasteiger partial charge in [-0.15, -0.1) is 11.8 Å². The van der Waals surface area contributed by atoms with Gasteiger partial charge in [-0.05, 0) is 74.6 Å². The van der Waals surface area contributed by atoms with Gasteiger partial charge >= 0.3 is 0 Å². The van der Waals surface area contributed by atoms with E-state index in [-0.39, 0.29) is 17.3 Å². The van der Waals surface area contributed by atoms with E-state index in [2.05, 4.69) is 5.32 Å². The lowest BCUT2D eigenvalue weighted by atomic mass is 10.3. The van der Waals surface area contributed by atoms with E-state index in [1.165, 1.54) is 25.7 Å². The molecule has 1 aliphatic rings. The number of thioether (sulfide) groups is 2. The minimum atomic E-state index is -3.93. The van der Waals surface area contributed by atoms with Gasteiger partial charge in [0.2, 0.25) is 5.91 Å². The van der Waals surface area contributed by atoms with Crippen molar-refractivity contribution >= 4 is 45.1 Å². The van der Waals surface area contributed by atoms with Crippen LogP contribution in [0.4, 0.5) is 5.69 Å². The zero-order valence-electron chi connectivity index (χ0n) is 19.2. The lowest BCUT2D eigenvalue weighted by Crippen LogP contribution is -2.41. The molecule has 1 fully saturated rings. The van der Waals surface area contributed by atoms with E-state index in [1.54, 1.807) is 60.3 Å². The fourth-order valence-electron chi connectivity index (χ4n) is 3.72. The fourth-order valence-corrected chi connectivity index (χ4v) is 6.77. The van der Waals surface area contributed by atoms with Crippen LogP contribution >= 0.6 is 23.5 Å². The second-order valence-corrected chi connectivity index (χ2v) is 11.9. The fraction of sp³-hybridized carbons (Fsp3) is 0.458. The number of hydrogen-bond acceptors (Lipinski definition) is 6. The summed E-state index contributed by atoms with van der Waals surface area (Å²) in [4.78, 5) is 13.8. The lowest BCUT2D eigenvalue weighted by molar-refractivity contribution is -0.119. The van der Waals surface area contributed by atoms with Crippen molar-refractivity contribution in [1.82, 2.24) is 5.32 Å². The Hall–Kier alpha value is -1.84. The molecule has 0 saturated heterocycles. The molecular formula is C24H32N2O4S3. The van der Waals surface area contributed by atoms with E-state index in [0.29, 0.717) is 29.8 Å². The monoisotopic (exact) mass is 508 g/mol. The van der Waals surface area contributed by atoms with Crippen LogP contribution in [-0.4, -0.2) is 51.3 Å². The van der Waals surface area contributed by atoms with Crippen LogP contribution in [0.3, 0.4) is 0 Å². The minimum absolute atomic E-state index is 0.152. The normalized spacial score (nSPS) is 14.2. The van der Waals surface area contributed by atoms with E-state index in [0.717, 1.165) is 15.0 Å². The number of nitrogens with one attached hydrogen (secondary N) is 1. The smallest absolute Gasteiger partial charge is 0.264 e. The molecule has 1 saturated carbocycles. The first-order chi connectivity index (χ1) is 15.9. The van der Waals surface area contributed by atoms with Gasteiger partial charge in [0, 0.05) is 22.4 Å². The van der Waals surface area contributed by atoms with Crippen molar-refractivity contribution in [3.05, 3.63) is 48.5 Å². The average molecular weight is 509 g/mol. The Morgan fingerprint density at radius 1 is 1.09 bits per heavy atom. The molecule has 33 heavy (non-hydrogen) atoms. The Bertz CT molecular complexity index is 989. The van der Waals surface area contributed by atoms with Gasteiger partial charge in [0.05, 0.1) is 17.2 Å². The average Bonchev–Trinajstić information content (AvgIpc) is 3.35. The maximum atomic E-state index is 13.5. The molecule has 6 nitrogen and oxygen atoms in total. The number of nitrogens with zero attached hydrogens (tertiary/aromatic N) is 1. The maximum Gasteiger partial charge on any atom is 0.264 e. The molecule has 0 aliphatic heterocycles. The summed E-state index contributed by atoms with van der Waals surface area (Å²) >= 11 is 3.43. The number of ether oxygens (including phenoxy) is 1. The molecule has 0 atom stereocenters. The standard InChI is InChI=1S/C24H32N2O4S3/c1-3-30-20-10-8-19(9-11-20)26(33(28,29)23-14-12-21(31-2)13-15-23)18-24(27)25-16-17-32-22-6-4-5-7-22/h8-15,22H,3-7,16-18H2,1-2H3,(H,25,27). The third-order valence-electron chi connectivity index (χ3n) is 5.45. The third kappa shape index (κ3) is 7.32. The molecule has 1 amide bonds. The van der Waals surface area contributed by atoms with Crippen molar-refractivity contribution in [3.8, 4) is 5.75 Å². The van der Waals surface area contributed by atoms with E-state index >= 15 is 0 Å². The lowest BCUT2D eigenvalue weighted by Gasteiger charge is -2.24. The highest BCUT2D eigenvalue weighted by molar-refractivity contribution is 8.00. The second kappa shape index (κ2) is 12.6. The highest BCUT2D eigenvalue weighted by Gasteiger charge is 2.27. The van der Waals surface area contributed by atoms with Crippen molar-refractivity contribution in [2.75, 3.05) is 36.0 Å². The molecule has 1 N–H and O–H groups in total. The number of carbonyl (C=O) groups excluding carboxylic acids is 1. The van der Waals surface area contributed by atoms with E-state index in [1.807, 2.05) is 24.9 Å². The molecular weight excluding hydrogens is 476 g/mol. The van der Waals surface area contributed by atoms with Crippen molar-refractivity contribution < 1.29 is 17.9 Å². The predicted octanol–water partition coefficient (Wildman–Crippen LogP) is 4.79. The SMILES string of the molecule is CCOc1ccc(N(CC(=O)NCCSC2CCCC2)S(=O)(=O)c2ccc(SC)cc2)cc1. The van der Waals surface area contributed by atoms with Crippen LogP contribution in [0.5, 0.6) is 5.75 Å². The first kappa shape index (κ1) is 25.8. The first-order valence-corrected chi connectivity index (χ1v) is 14.9. The van der Waals surface area contributed by atoms with E-state index in [4.69, 9.17) is 4.74 Å². The topological polar surface area (TPSA) is 75.7 Å². The molecule has 0 unspecified atom stereocenters. The number of rotatable bonds is 12. The molecule has 1 aliphatic carbocycles. The number of hydrogen-bond donors (Lipinski definition) is 1. The molecule has 2 aromatic carbocycles. The Balaban J connectivity index is 1.73. The van der Waals surface area contributed by atoms with Crippen molar-refractivity contribution in [2.24, 2.45) is 0 Å². The summed E-state index contributed by atoms with van der Waals surface area (Å²) in [5, 5.41) is 3.57. The summed E-state index contributed by atoms with van der Waals surface area (Å²) in [6.45, 7) is 2.65. The molecule has 9 heteroatoms. The van der Waals surface area contributed by atoms with Crippen LogP contribution in [0.15, 0.2) is 58.3 Å². The van der Waals surface area contributed by atoms with Crippen LogP contribution < -0.4 is 14.4 Å². The van der Waals surface area contributed by atoms with Crippen molar-refractivity contribution in [3.63, 3.8) is 0 Å². The van der Waals surface area contributed by atoms with Crippen LogP contribution in [-0.2, 0) is 14.8 Å². The molecule has 0 heterocycles. The molecule has 0 spiro atoms. The highest BCUT2D eigenvalue weighted by Crippen LogP contribution is 2.29. The molecule has 0 radical (unpaired) electrons. The zero-order chi connectivity index (χ0) is 23.7. The van der Waals surface area contributed by atoms with Crippen LogP contribution in [0.2, 0.25) is 0 Å². The zero-order valence-corrected chi connectivity index (χ0v) is 21.6. The largest absolute Gasteiger partial charge is 0.494 e. The number of benzene rings is 2. The summed E-state index contributed by atoms with van der Waals surface area (Å²) in [6, 6.07) is 13.5. The molecule has 0 aromatic heterocycles. The molecule has 0 bridgehead atoms. The number of carbonyl (C=O) groups is 1. The summed E-state index contributed by atoms with van der Waals surface area (Å²) in [5.74, 6) is 1.17. The molecule has 3 rings (SSSR count). The Morgan fingerprint density at radius 2 is 1.76 bits per heavy atom. The maximum absolute atomic E-state index is 13.5. The van der Waals surface area contributed by atoms with Crippen LogP contribution in [0.1, 0.15) is 32.6 Å². The van der Waals surface area contributed by atoms with Gasteiger partial charge in [-0.25, -0.2) is 8.42 Å². The van der Waals surface area contributed by atoms with Crippen LogP contribution in [0.25, 0.3) is 0 Å². The Labute approximate surface area is 205 Å². The van der Waals surface area contributed by atoms with Gasteiger partial charge in [-0.2, -0.15) is 11.8 Å². The molecule has 2 aromatic rings. The van der Waals surface area contributed by atoms with Crippen LogP contribution in [0, 0.1) is 0 Å². The van der Waals surface area contributed by atoms with Gasteiger partial charge in [0.1, 0.15) is 12.3 Å². The Kier molecular flexibility index (Phi) is 9.82. The minimum Gasteiger partial charge on any atom is -0.494 e.